The maximum atomic E-state index is 12.7. The summed E-state index contributed by atoms with van der Waals surface area (Å²) in [6.07, 6.45) is 7.67. The summed E-state index contributed by atoms with van der Waals surface area (Å²) in [6, 6.07) is 23.1. The molecule has 2 atom stereocenters. The smallest absolute Gasteiger partial charge is 0.226 e. The van der Waals surface area contributed by atoms with Crippen LogP contribution in [0.25, 0.3) is 5.69 Å². The van der Waals surface area contributed by atoms with Crippen LogP contribution in [0.3, 0.4) is 0 Å². The number of amides is 1. The van der Waals surface area contributed by atoms with Gasteiger partial charge in [-0.15, -0.1) is 0 Å². The van der Waals surface area contributed by atoms with E-state index in [1.807, 2.05) is 72.9 Å². The molecule has 3 aromatic heterocycles. The lowest BCUT2D eigenvalue weighted by molar-refractivity contribution is -0.116. The monoisotopic (exact) mass is 468 g/mol. The Kier molecular flexibility index (Phi) is 6.31. The van der Waals surface area contributed by atoms with E-state index in [0.717, 1.165) is 22.8 Å². The molecule has 7 nitrogen and oxygen atoms in total. The van der Waals surface area contributed by atoms with Gasteiger partial charge in [0.05, 0.1) is 17.8 Å². The average Bonchev–Trinajstić information content (AvgIpc) is 3.48. The van der Waals surface area contributed by atoms with Crippen molar-refractivity contribution in [3.05, 3.63) is 109 Å². The van der Waals surface area contributed by atoms with Crippen molar-refractivity contribution in [1.82, 2.24) is 24.8 Å². The number of anilines is 1. The molecule has 1 saturated heterocycles. The molecule has 0 radical (unpaired) electrons. The fourth-order valence-corrected chi connectivity index (χ4v) is 4.64. The Morgan fingerprint density at radius 2 is 1.76 bits per heavy atom. The molecule has 8 heteroatoms. The van der Waals surface area contributed by atoms with E-state index in [1.165, 1.54) is 0 Å². The van der Waals surface area contributed by atoms with E-state index in [-0.39, 0.29) is 18.0 Å². The first-order chi connectivity index (χ1) is 16.7. The van der Waals surface area contributed by atoms with Crippen LogP contribution in [0, 0.1) is 0 Å². The molecule has 4 aromatic rings. The maximum Gasteiger partial charge on any atom is 0.226 e. The van der Waals surface area contributed by atoms with Gasteiger partial charge in [-0.25, -0.2) is 0 Å². The molecule has 1 aliphatic heterocycles. The molecular weight excluding hydrogens is 444 g/mol. The second-order valence-electron chi connectivity index (χ2n) is 7.99. The van der Waals surface area contributed by atoms with Crippen LogP contribution in [0.15, 0.2) is 97.6 Å². The van der Waals surface area contributed by atoms with E-state index in [4.69, 9.17) is 12.2 Å². The lowest BCUT2D eigenvalue weighted by Crippen LogP contribution is -2.33. The molecule has 1 fully saturated rings. The highest BCUT2D eigenvalue weighted by Crippen LogP contribution is 2.39. The average molecular weight is 469 g/mol. The van der Waals surface area contributed by atoms with Gasteiger partial charge in [0.15, 0.2) is 5.11 Å². The van der Waals surface area contributed by atoms with Crippen molar-refractivity contribution >= 4 is 28.9 Å². The number of aromatic nitrogens is 3. The molecule has 4 heterocycles. The maximum absolute atomic E-state index is 12.7. The molecule has 34 heavy (non-hydrogen) atoms. The normalized spacial score (nSPS) is 17.4. The van der Waals surface area contributed by atoms with Gasteiger partial charge in [-0.05, 0) is 60.7 Å². The largest absolute Gasteiger partial charge is 0.352 e. The lowest BCUT2D eigenvalue weighted by Gasteiger charge is -2.28. The molecule has 1 aliphatic rings. The van der Waals surface area contributed by atoms with Gasteiger partial charge < -0.3 is 20.1 Å². The highest BCUT2D eigenvalue weighted by Gasteiger charge is 2.41. The quantitative estimate of drug-likeness (QED) is 0.395. The Morgan fingerprint density at radius 1 is 0.971 bits per heavy atom. The summed E-state index contributed by atoms with van der Waals surface area (Å²) >= 11 is 5.75. The van der Waals surface area contributed by atoms with Crippen LogP contribution in [0.4, 0.5) is 5.69 Å². The van der Waals surface area contributed by atoms with Gasteiger partial charge in [0.25, 0.3) is 0 Å². The second-order valence-corrected chi connectivity index (χ2v) is 8.38. The van der Waals surface area contributed by atoms with E-state index >= 15 is 0 Å². The van der Waals surface area contributed by atoms with Crippen molar-refractivity contribution in [2.24, 2.45) is 0 Å². The standard InChI is InChI=1S/C26H24N6OS/c33-23(29-19-7-2-1-3-8-19)13-18-32-25(24(30-26(32)34)21-9-4-5-14-28-21)22-10-6-17-31(22)20-11-15-27-16-12-20/h1-12,14-17,24-25H,13,18H2,(H,29,33)(H,30,34)/t24-,25+/m1/s1. The first-order valence-corrected chi connectivity index (χ1v) is 11.5. The molecule has 0 spiro atoms. The molecule has 0 aliphatic carbocycles. The zero-order valence-electron chi connectivity index (χ0n) is 18.4. The van der Waals surface area contributed by atoms with Crippen molar-refractivity contribution < 1.29 is 4.79 Å². The fourth-order valence-electron chi connectivity index (χ4n) is 4.31. The van der Waals surface area contributed by atoms with E-state index in [9.17, 15) is 4.79 Å². The predicted molar refractivity (Wildman–Crippen MR) is 135 cm³/mol. The Bertz CT molecular complexity index is 1260. The zero-order valence-corrected chi connectivity index (χ0v) is 19.2. The Morgan fingerprint density at radius 3 is 2.53 bits per heavy atom. The molecule has 5 rings (SSSR count). The number of hydrogen-bond donors (Lipinski definition) is 2. The SMILES string of the molecule is O=C(CCN1C(=S)N[C@H](c2ccccn2)[C@@H]1c1cccn1-c1ccncc1)Nc1ccccc1. The van der Waals surface area contributed by atoms with Gasteiger partial charge in [0, 0.05) is 54.8 Å². The number of hydrogen-bond acceptors (Lipinski definition) is 4. The number of rotatable bonds is 7. The van der Waals surface area contributed by atoms with Crippen LogP contribution >= 0.6 is 12.2 Å². The molecule has 1 aromatic carbocycles. The summed E-state index contributed by atoms with van der Waals surface area (Å²) in [4.78, 5) is 23.5. The Labute approximate surface area is 203 Å². The highest BCUT2D eigenvalue weighted by atomic mass is 32.1. The number of nitrogens with one attached hydrogen (secondary N) is 2. The number of para-hydroxylation sites is 1. The van der Waals surface area contributed by atoms with Crippen LogP contribution in [0.2, 0.25) is 0 Å². The summed E-state index contributed by atoms with van der Waals surface area (Å²) in [6.45, 7) is 0.472. The topological polar surface area (TPSA) is 75.1 Å². The first-order valence-electron chi connectivity index (χ1n) is 11.1. The summed E-state index contributed by atoms with van der Waals surface area (Å²) < 4.78 is 2.13. The van der Waals surface area contributed by atoms with Crippen LogP contribution < -0.4 is 10.6 Å². The molecular formula is C26H24N6OS. The van der Waals surface area contributed by atoms with Crippen molar-refractivity contribution in [3.63, 3.8) is 0 Å². The Hall–Kier alpha value is -4.04. The minimum absolute atomic E-state index is 0.0569. The van der Waals surface area contributed by atoms with Crippen molar-refractivity contribution in [1.29, 1.82) is 0 Å². The third kappa shape index (κ3) is 4.53. The first kappa shape index (κ1) is 21.8. The van der Waals surface area contributed by atoms with E-state index in [2.05, 4.69) is 36.1 Å². The number of benzene rings is 1. The molecule has 170 valence electrons. The van der Waals surface area contributed by atoms with Gasteiger partial charge >= 0.3 is 0 Å². The number of carbonyl (C=O) groups excluding carboxylic acids is 1. The van der Waals surface area contributed by atoms with E-state index in [1.54, 1.807) is 18.6 Å². The van der Waals surface area contributed by atoms with E-state index in [0.29, 0.717) is 18.1 Å². The van der Waals surface area contributed by atoms with Crippen molar-refractivity contribution in [3.8, 4) is 5.69 Å². The van der Waals surface area contributed by atoms with Crippen LogP contribution in [0.5, 0.6) is 0 Å². The van der Waals surface area contributed by atoms with Crippen LogP contribution in [-0.4, -0.2) is 37.0 Å². The van der Waals surface area contributed by atoms with Crippen molar-refractivity contribution in [2.45, 2.75) is 18.5 Å². The van der Waals surface area contributed by atoms with Gasteiger partial charge in [0.1, 0.15) is 0 Å². The number of pyridine rings is 2. The zero-order chi connectivity index (χ0) is 23.3. The summed E-state index contributed by atoms with van der Waals surface area (Å²) in [5.74, 6) is -0.0569. The van der Waals surface area contributed by atoms with Gasteiger partial charge in [0.2, 0.25) is 5.91 Å². The third-order valence-electron chi connectivity index (χ3n) is 5.86. The Balaban J connectivity index is 1.44. The summed E-state index contributed by atoms with van der Waals surface area (Å²) in [5.41, 5.74) is 3.74. The molecule has 0 bridgehead atoms. The van der Waals surface area contributed by atoms with Crippen LogP contribution in [-0.2, 0) is 4.79 Å². The molecule has 1 amide bonds. The van der Waals surface area contributed by atoms with E-state index < -0.39 is 0 Å². The number of thiocarbonyl (C=S) groups is 1. The predicted octanol–water partition coefficient (Wildman–Crippen LogP) is 4.27. The van der Waals surface area contributed by atoms with Gasteiger partial charge in [-0.1, -0.05) is 24.3 Å². The van der Waals surface area contributed by atoms with Crippen molar-refractivity contribution in [2.75, 3.05) is 11.9 Å². The van der Waals surface area contributed by atoms with Gasteiger partial charge in [-0.3, -0.25) is 14.8 Å². The van der Waals surface area contributed by atoms with Crippen LogP contribution in [0.1, 0.15) is 29.9 Å². The number of carbonyl (C=O) groups is 1. The number of nitrogens with zero attached hydrogens (tertiary/aromatic N) is 4. The lowest BCUT2D eigenvalue weighted by atomic mass is 10.0. The third-order valence-corrected chi connectivity index (χ3v) is 6.21. The van der Waals surface area contributed by atoms with Gasteiger partial charge in [-0.2, -0.15) is 0 Å². The summed E-state index contributed by atoms with van der Waals surface area (Å²) in [5, 5.41) is 7.01. The fraction of sp³-hybridized carbons (Fsp3) is 0.154. The molecule has 0 unspecified atom stereocenters. The molecule has 0 saturated carbocycles. The second kappa shape index (κ2) is 9.84. The highest BCUT2D eigenvalue weighted by molar-refractivity contribution is 7.80. The minimum Gasteiger partial charge on any atom is -0.352 e. The molecule has 2 N–H and O–H groups in total. The minimum atomic E-state index is -0.152. The summed E-state index contributed by atoms with van der Waals surface area (Å²) in [7, 11) is 0.